The molecule has 0 saturated carbocycles. The SMILES string of the molecule is COCOc1cc(OCCNCC2N=CCN2)cc2c1C(=O)OC(C)[C@H](C)CCC(O)C1OC(C)(C)OC1CCC2. The van der Waals surface area contributed by atoms with Crippen molar-refractivity contribution in [1.29, 1.82) is 0 Å². The first kappa shape index (κ1) is 31.7. The van der Waals surface area contributed by atoms with E-state index in [1.807, 2.05) is 40.0 Å². The molecule has 11 nitrogen and oxygen atoms in total. The normalized spacial score (nSPS) is 30.2. The Hall–Kier alpha value is -2.28. The first-order valence-corrected chi connectivity index (χ1v) is 14.8. The Balaban J connectivity index is 1.55. The molecule has 1 aromatic rings. The number of cyclic esters (lactones) is 1. The second-order valence-corrected chi connectivity index (χ2v) is 11.6. The number of nitrogens with one attached hydrogen (secondary N) is 2. The smallest absolute Gasteiger partial charge is 0.342 e. The number of nitrogens with zero attached hydrogens (tertiary/aromatic N) is 1. The number of ether oxygens (including phenoxy) is 6. The van der Waals surface area contributed by atoms with E-state index in [9.17, 15) is 9.90 Å². The van der Waals surface area contributed by atoms with Crippen LogP contribution in [0.25, 0.3) is 0 Å². The number of carbonyl (C=O) groups excluding carboxylic acids is 1. The van der Waals surface area contributed by atoms with Gasteiger partial charge in [-0.05, 0) is 70.4 Å². The predicted molar refractivity (Wildman–Crippen MR) is 154 cm³/mol. The lowest BCUT2D eigenvalue weighted by Gasteiger charge is -2.27. The molecule has 1 fully saturated rings. The van der Waals surface area contributed by atoms with Gasteiger partial charge in [-0.2, -0.15) is 0 Å². The molecule has 1 aromatic carbocycles. The van der Waals surface area contributed by atoms with Crippen molar-refractivity contribution in [2.75, 3.05) is 40.1 Å². The lowest BCUT2D eigenvalue weighted by molar-refractivity contribution is -0.156. The highest BCUT2D eigenvalue weighted by Gasteiger charge is 2.44. The Morgan fingerprint density at radius 2 is 2.00 bits per heavy atom. The average Bonchev–Trinajstić information content (AvgIpc) is 3.56. The summed E-state index contributed by atoms with van der Waals surface area (Å²) < 4.78 is 35.4. The van der Waals surface area contributed by atoms with Crippen molar-refractivity contribution in [3.05, 3.63) is 23.3 Å². The van der Waals surface area contributed by atoms with Gasteiger partial charge < -0.3 is 38.8 Å². The van der Waals surface area contributed by atoms with Gasteiger partial charge in [-0.25, -0.2) is 4.79 Å². The Kier molecular flexibility index (Phi) is 11.4. The molecule has 0 spiro atoms. The largest absolute Gasteiger partial charge is 0.492 e. The minimum absolute atomic E-state index is 0.0203. The van der Waals surface area contributed by atoms with Crippen molar-refractivity contribution in [1.82, 2.24) is 10.6 Å². The number of aliphatic imine (C=N–C) groups is 1. The minimum Gasteiger partial charge on any atom is -0.492 e. The lowest BCUT2D eigenvalue weighted by Crippen LogP contribution is -2.36. The molecule has 0 amide bonds. The first-order valence-electron chi connectivity index (χ1n) is 14.8. The number of aliphatic hydroxyl groups excluding tert-OH is 1. The molecule has 0 bridgehead atoms. The fourth-order valence-corrected chi connectivity index (χ4v) is 5.50. The van der Waals surface area contributed by atoms with Crippen LogP contribution in [-0.2, 0) is 25.4 Å². The Bertz CT molecular complexity index is 1040. The number of hydrogen-bond donors (Lipinski definition) is 3. The first-order chi connectivity index (χ1) is 19.7. The van der Waals surface area contributed by atoms with Crippen molar-refractivity contribution in [2.24, 2.45) is 10.9 Å². The summed E-state index contributed by atoms with van der Waals surface area (Å²) in [6.07, 6.45) is 3.39. The number of fused-ring (bicyclic) bond motifs is 2. The van der Waals surface area contributed by atoms with E-state index in [4.69, 9.17) is 28.4 Å². The third-order valence-corrected chi connectivity index (χ3v) is 7.86. The Labute approximate surface area is 243 Å². The maximum atomic E-state index is 13.6. The van der Waals surface area contributed by atoms with Crippen LogP contribution in [0, 0.1) is 5.92 Å². The van der Waals surface area contributed by atoms with Crippen LogP contribution in [0.2, 0.25) is 0 Å². The van der Waals surface area contributed by atoms with Crippen LogP contribution in [0.4, 0.5) is 0 Å². The molecule has 230 valence electrons. The van der Waals surface area contributed by atoms with Crippen molar-refractivity contribution < 1.29 is 38.3 Å². The average molecular weight is 578 g/mol. The fraction of sp³-hybridized carbons (Fsp3) is 0.733. The van der Waals surface area contributed by atoms with Crippen LogP contribution in [0.15, 0.2) is 17.1 Å². The van der Waals surface area contributed by atoms with Crippen LogP contribution in [0.5, 0.6) is 11.5 Å². The van der Waals surface area contributed by atoms with E-state index >= 15 is 0 Å². The van der Waals surface area contributed by atoms with Gasteiger partial charge in [-0.15, -0.1) is 0 Å². The number of aliphatic hydroxyl groups is 1. The summed E-state index contributed by atoms with van der Waals surface area (Å²) in [6, 6.07) is 3.61. The molecular weight excluding hydrogens is 530 g/mol. The Morgan fingerprint density at radius 1 is 1.17 bits per heavy atom. The molecule has 3 N–H and O–H groups in total. The number of hydrogen-bond acceptors (Lipinski definition) is 11. The summed E-state index contributed by atoms with van der Waals surface area (Å²) in [7, 11) is 1.53. The van der Waals surface area contributed by atoms with Crippen LogP contribution < -0.4 is 20.1 Å². The molecule has 1 saturated heterocycles. The van der Waals surface area contributed by atoms with Gasteiger partial charge >= 0.3 is 5.97 Å². The van der Waals surface area contributed by atoms with Crippen molar-refractivity contribution in [2.45, 2.75) is 96.2 Å². The molecule has 41 heavy (non-hydrogen) atoms. The van der Waals surface area contributed by atoms with Gasteiger partial charge in [-0.1, -0.05) is 6.92 Å². The van der Waals surface area contributed by atoms with E-state index in [2.05, 4.69) is 15.6 Å². The van der Waals surface area contributed by atoms with Gasteiger partial charge in [0.25, 0.3) is 0 Å². The number of carbonyl (C=O) groups is 1. The van der Waals surface area contributed by atoms with E-state index in [0.29, 0.717) is 68.9 Å². The monoisotopic (exact) mass is 577 g/mol. The van der Waals surface area contributed by atoms with Crippen molar-refractivity contribution in [3.63, 3.8) is 0 Å². The lowest BCUT2D eigenvalue weighted by atomic mass is 9.92. The van der Waals surface area contributed by atoms with Gasteiger partial charge in [0.1, 0.15) is 42.0 Å². The second-order valence-electron chi connectivity index (χ2n) is 11.6. The van der Waals surface area contributed by atoms with Crippen molar-refractivity contribution in [3.8, 4) is 11.5 Å². The third kappa shape index (κ3) is 8.86. The molecule has 0 aliphatic carbocycles. The summed E-state index contributed by atoms with van der Waals surface area (Å²) >= 11 is 0. The number of esters is 1. The molecular formula is C30H47N3O8. The topological polar surface area (TPSA) is 129 Å². The number of benzene rings is 1. The van der Waals surface area contributed by atoms with Crippen LogP contribution in [-0.4, -0.2) is 93.8 Å². The molecule has 3 aliphatic heterocycles. The van der Waals surface area contributed by atoms with Gasteiger partial charge in [0, 0.05) is 39.0 Å². The third-order valence-electron chi connectivity index (χ3n) is 7.86. The highest BCUT2D eigenvalue weighted by atomic mass is 16.8. The number of aryl methyl sites for hydroxylation is 1. The number of methoxy groups -OCH3 is 1. The molecule has 3 heterocycles. The van der Waals surface area contributed by atoms with E-state index < -0.39 is 24.0 Å². The van der Waals surface area contributed by atoms with E-state index in [1.54, 1.807) is 6.07 Å². The van der Waals surface area contributed by atoms with Crippen LogP contribution in [0.1, 0.15) is 69.3 Å². The van der Waals surface area contributed by atoms with Gasteiger partial charge in [0.15, 0.2) is 12.6 Å². The maximum absolute atomic E-state index is 13.6. The summed E-state index contributed by atoms with van der Waals surface area (Å²) in [6.45, 7) is 10.2. The second kappa shape index (κ2) is 14.8. The zero-order valence-corrected chi connectivity index (χ0v) is 25.0. The molecule has 11 heteroatoms. The molecule has 3 aliphatic rings. The zero-order valence-electron chi connectivity index (χ0n) is 25.0. The molecule has 6 atom stereocenters. The van der Waals surface area contributed by atoms with E-state index in [0.717, 1.165) is 12.1 Å². The van der Waals surface area contributed by atoms with Gasteiger partial charge in [0.2, 0.25) is 0 Å². The zero-order chi connectivity index (χ0) is 29.4. The summed E-state index contributed by atoms with van der Waals surface area (Å²) in [5.74, 6) is -0.225. The van der Waals surface area contributed by atoms with Crippen LogP contribution in [0.3, 0.4) is 0 Å². The van der Waals surface area contributed by atoms with E-state index in [-0.39, 0.29) is 31.1 Å². The quantitative estimate of drug-likeness (QED) is 0.229. The summed E-state index contributed by atoms with van der Waals surface area (Å²) in [5, 5.41) is 17.6. The predicted octanol–water partition coefficient (Wildman–Crippen LogP) is 2.82. The highest BCUT2D eigenvalue weighted by molar-refractivity contribution is 5.94. The van der Waals surface area contributed by atoms with E-state index in [1.165, 1.54) is 7.11 Å². The van der Waals surface area contributed by atoms with Crippen LogP contribution >= 0.6 is 0 Å². The Morgan fingerprint density at radius 3 is 2.76 bits per heavy atom. The minimum atomic E-state index is -0.767. The van der Waals surface area contributed by atoms with Gasteiger partial charge in [-0.3, -0.25) is 10.3 Å². The highest BCUT2D eigenvalue weighted by Crippen LogP contribution is 2.36. The summed E-state index contributed by atoms with van der Waals surface area (Å²) in [5.41, 5.74) is 1.15. The standard InChI is InChI=1S/C30H47N3O8/c1-19-9-10-23(34)28-24(40-30(3,4)41-28)8-6-7-21-15-22(37-14-13-31-17-26-32-11-12-33-26)16-25(38-18-36-5)27(21)29(35)39-20(19)2/h11,15-16,19-20,23-24,26,28,31,33-34H,6-10,12-14,17-18H2,1-5H3/t19-,20?,23?,24?,26?,28?/m1/s1. The van der Waals surface area contributed by atoms with Crippen molar-refractivity contribution >= 4 is 12.2 Å². The molecule has 4 rings (SSSR count). The number of rotatable bonds is 9. The molecule has 0 aromatic heterocycles. The summed E-state index contributed by atoms with van der Waals surface area (Å²) in [4.78, 5) is 17.9. The maximum Gasteiger partial charge on any atom is 0.342 e. The molecule has 0 radical (unpaired) electrons. The van der Waals surface area contributed by atoms with Gasteiger partial charge in [0.05, 0.1) is 12.2 Å². The fourth-order valence-electron chi connectivity index (χ4n) is 5.50. The molecule has 5 unspecified atom stereocenters.